The summed E-state index contributed by atoms with van der Waals surface area (Å²) in [7, 11) is 1.50. The van der Waals surface area contributed by atoms with E-state index in [4.69, 9.17) is 21.7 Å². The minimum absolute atomic E-state index is 0.0296. The first kappa shape index (κ1) is 24.1. The Labute approximate surface area is 197 Å². The number of thiocarbonyl (C=S) groups is 1. The number of ether oxygens (including phenoxy) is 2. The van der Waals surface area contributed by atoms with Crippen LogP contribution in [-0.4, -0.2) is 46.7 Å². The lowest BCUT2D eigenvalue weighted by Crippen LogP contribution is -2.35. The number of nitrogens with zero attached hydrogens (tertiary/aromatic N) is 2. The van der Waals surface area contributed by atoms with Crippen molar-refractivity contribution in [3.05, 3.63) is 83.8 Å². The molecule has 0 bridgehead atoms. The Balaban J connectivity index is 1.54. The zero-order valence-corrected chi connectivity index (χ0v) is 18.9. The van der Waals surface area contributed by atoms with Gasteiger partial charge in [0, 0.05) is 12.6 Å². The summed E-state index contributed by atoms with van der Waals surface area (Å²) in [4.78, 5) is 28.7. The third-order valence-corrected chi connectivity index (χ3v) is 4.69. The number of nitrogens with one attached hydrogen (secondary N) is 3. The molecule has 0 unspecified atom stereocenters. The van der Waals surface area contributed by atoms with Crippen molar-refractivity contribution in [1.82, 2.24) is 20.2 Å². The lowest BCUT2D eigenvalue weighted by Gasteiger charge is -2.14. The van der Waals surface area contributed by atoms with Gasteiger partial charge in [-0.3, -0.25) is 19.5 Å². The van der Waals surface area contributed by atoms with Gasteiger partial charge in [-0.25, -0.2) is 4.98 Å². The number of rotatable bonds is 10. The highest BCUT2D eigenvalue weighted by Gasteiger charge is 2.19. The van der Waals surface area contributed by atoms with Crippen LogP contribution in [0, 0.1) is 0 Å². The molecule has 0 fully saturated rings. The third kappa shape index (κ3) is 7.21. The number of carbonyl (C=O) groups excluding carboxylic acids is 2. The molecule has 0 aliphatic rings. The highest BCUT2D eigenvalue weighted by atomic mass is 32.1. The number of hydrogen-bond acceptors (Lipinski definition) is 6. The first-order chi connectivity index (χ1) is 16.1. The molecule has 3 rings (SSSR count). The van der Waals surface area contributed by atoms with E-state index in [0.717, 1.165) is 5.56 Å². The standard InChI is InChI=1S/C23H25N5O4S/c1-24-22(30)19-20(26-23(33)27-21(29)18-10-6-3-7-11-18)28(15-25-19)16-32-13-12-31-14-17-8-4-2-5-9-17/h2-11,15H,12-14,16H2,1H3,(H,24,30)(H2,26,27,29,33). The van der Waals surface area contributed by atoms with Crippen LogP contribution in [0.4, 0.5) is 5.82 Å². The molecule has 3 N–H and O–H groups in total. The van der Waals surface area contributed by atoms with Gasteiger partial charge >= 0.3 is 0 Å². The van der Waals surface area contributed by atoms with Crippen LogP contribution < -0.4 is 16.0 Å². The molecule has 1 heterocycles. The fraction of sp³-hybridized carbons (Fsp3) is 0.217. The van der Waals surface area contributed by atoms with E-state index in [1.807, 2.05) is 36.4 Å². The van der Waals surface area contributed by atoms with Crippen molar-refractivity contribution in [2.45, 2.75) is 13.3 Å². The van der Waals surface area contributed by atoms with Gasteiger partial charge in [0.15, 0.2) is 10.8 Å². The lowest BCUT2D eigenvalue weighted by molar-refractivity contribution is 0.0142. The van der Waals surface area contributed by atoms with Gasteiger partial charge in [0.1, 0.15) is 12.5 Å². The van der Waals surface area contributed by atoms with Crippen molar-refractivity contribution in [2.24, 2.45) is 0 Å². The van der Waals surface area contributed by atoms with E-state index in [9.17, 15) is 9.59 Å². The number of aromatic nitrogens is 2. The Morgan fingerprint density at radius 2 is 1.64 bits per heavy atom. The van der Waals surface area contributed by atoms with E-state index in [-0.39, 0.29) is 23.4 Å². The van der Waals surface area contributed by atoms with Crippen molar-refractivity contribution in [1.29, 1.82) is 0 Å². The number of imidazole rings is 1. The van der Waals surface area contributed by atoms with Crippen LogP contribution in [0.1, 0.15) is 26.4 Å². The molecule has 172 valence electrons. The Hall–Kier alpha value is -3.60. The summed E-state index contributed by atoms with van der Waals surface area (Å²) < 4.78 is 12.8. The van der Waals surface area contributed by atoms with Gasteiger partial charge < -0.3 is 20.1 Å². The largest absolute Gasteiger partial charge is 0.374 e. The van der Waals surface area contributed by atoms with Gasteiger partial charge in [-0.15, -0.1) is 0 Å². The normalized spacial score (nSPS) is 10.5. The Kier molecular flexibility index (Phi) is 9.07. The minimum atomic E-state index is -0.403. The fourth-order valence-corrected chi connectivity index (χ4v) is 3.03. The maximum Gasteiger partial charge on any atom is 0.273 e. The fourth-order valence-electron chi connectivity index (χ4n) is 2.84. The summed E-state index contributed by atoms with van der Waals surface area (Å²) in [6.07, 6.45) is 1.46. The van der Waals surface area contributed by atoms with Crippen LogP contribution in [0.2, 0.25) is 0 Å². The number of anilines is 1. The van der Waals surface area contributed by atoms with Crippen LogP contribution in [0.25, 0.3) is 0 Å². The topological polar surface area (TPSA) is 107 Å². The van der Waals surface area contributed by atoms with E-state index in [2.05, 4.69) is 20.9 Å². The van der Waals surface area contributed by atoms with Crippen LogP contribution in [0.15, 0.2) is 67.0 Å². The first-order valence-electron chi connectivity index (χ1n) is 10.2. The Morgan fingerprint density at radius 3 is 2.33 bits per heavy atom. The monoisotopic (exact) mass is 467 g/mol. The molecular weight excluding hydrogens is 442 g/mol. The highest BCUT2D eigenvalue weighted by Crippen LogP contribution is 2.15. The molecule has 1 aromatic heterocycles. The van der Waals surface area contributed by atoms with Gasteiger partial charge in [-0.2, -0.15) is 0 Å². The van der Waals surface area contributed by atoms with Crippen LogP contribution in [0.3, 0.4) is 0 Å². The Morgan fingerprint density at radius 1 is 0.970 bits per heavy atom. The predicted octanol–water partition coefficient (Wildman–Crippen LogP) is 2.56. The van der Waals surface area contributed by atoms with Crippen LogP contribution >= 0.6 is 12.2 Å². The van der Waals surface area contributed by atoms with Crippen molar-refractivity contribution in [3.63, 3.8) is 0 Å². The summed E-state index contributed by atoms with van der Waals surface area (Å²) in [6, 6.07) is 18.5. The number of amides is 2. The summed E-state index contributed by atoms with van der Waals surface area (Å²) in [5, 5.41) is 8.03. The SMILES string of the molecule is CNC(=O)c1ncn(COCCOCc2ccccc2)c1NC(=S)NC(=O)c1ccccc1. The average molecular weight is 468 g/mol. The molecule has 2 amide bonds. The van der Waals surface area contributed by atoms with Gasteiger partial charge in [-0.1, -0.05) is 48.5 Å². The minimum Gasteiger partial charge on any atom is -0.374 e. The van der Waals surface area contributed by atoms with Crippen molar-refractivity contribution >= 4 is 35.0 Å². The number of carbonyl (C=O) groups is 2. The molecule has 2 aromatic carbocycles. The Bertz CT molecular complexity index is 1070. The molecule has 0 saturated heterocycles. The molecule has 0 aliphatic heterocycles. The molecule has 0 radical (unpaired) electrons. The summed E-state index contributed by atoms with van der Waals surface area (Å²) >= 11 is 5.26. The van der Waals surface area contributed by atoms with E-state index < -0.39 is 5.91 Å². The van der Waals surface area contributed by atoms with E-state index in [1.54, 1.807) is 28.8 Å². The summed E-state index contributed by atoms with van der Waals surface area (Å²) in [5.74, 6) is -0.468. The lowest BCUT2D eigenvalue weighted by atomic mass is 10.2. The highest BCUT2D eigenvalue weighted by molar-refractivity contribution is 7.80. The number of benzene rings is 2. The summed E-state index contributed by atoms with van der Waals surface area (Å²) in [5.41, 5.74) is 1.66. The third-order valence-electron chi connectivity index (χ3n) is 4.49. The average Bonchev–Trinajstić information content (AvgIpc) is 3.24. The van der Waals surface area contributed by atoms with Crippen molar-refractivity contribution in [2.75, 3.05) is 25.6 Å². The second-order valence-corrected chi connectivity index (χ2v) is 7.25. The number of hydrogen-bond donors (Lipinski definition) is 3. The van der Waals surface area contributed by atoms with Crippen molar-refractivity contribution < 1.29 is 19.1 Å². The predicted molar refractivity (Wildman–Crippen MR) is 128 cm³/mol. The smallest absolute Gasteiger partial charge is 0.273 e. The van der Waals surface area contributed by atoms with Gasteiger partial charge in [0.2, 0.25) is 0 Å². The zero-order chi connectivity index (χ0) is 23.5. The molecule has 33 heavy (non-hydrogen) atoms. The van der Waals surface area contributed by atoms with Crippen LogP contribution in [-0.2, 0) is 22.8 Å². The molecule has 0 aliphatic carbocycles. The molecule has 0 atom stereocenters. The van der Waals surface area contributed by atoms with Crippen molar-refractivity contribution in [3.8, 4) is 0 Å². The first-order valence-corrected chi connectivity index (χ1v) is 10.6. The van der Waals surface area contributed by atoms with Gasteiger partial charge in [0.25, 0.3) is 11.8 Å². The second kappa shape index (κ2) is 12.4. The van der Waals surface area contributed by atoms with E-state index in [1.165, 1.54) is 13.4 Å². The molecule has 3 aromatic rings. The summed E-state index contributed by atoms with van der Waals surface area (Å²) in [6.45, 7) is 1.35. The molecule has 9 nitrogen and oxygen atoms in total. The molecule has 10 heteroatoms. The van der Waals surface area contributed by atoms with E-state index >= 15 is 0 Å². The van der Waals surface area contributed by atoms with Crippen LogP contribution in [0.5, 0.6) is 0 Å². The maximum atomic E-state index is 12.3. The zero-order valence-electron chi connectivity index (χ0n) is 18.1. The quantitative estimate of drug-likeness (QED) is 0.311. The molecular formula is C23H25N5O4S. The molecule has 0 saturated carbocycles. The van der Waals surface area contributed by atoms with E-state index in [0.29, 0.717) is 31.2 Å². The molecule has 0 spiro atoms. The second-order valence-electron chi connectivity index (χ2n) is 6.84. The van der Waals surface area contributed by atoms with Gasteiger partial charge in [-0.05, 0) is 29.9 Å². The van der Waals surface area contributed by atoms with Gasteiger partial charge in [0.05, 0.1) is 26.1 Å². The maximum absolute atomic E-state index is 12.3.